The summed E-state index contributed by atoms with van der Waals surface area (Å²) in [6, 6.07) is 12.7. The predicted octanol–water partition coefficient (Wildman–Crippen LogP) is 3.26. The van der Waals surface area contributed by atoms with E-state index in [1.807, 2.05) is 31.2 Å². The number of ether oxygens (including phenoxy) is 1. The molecule has 3 heteroatoms. The van der Waals surface area contributed by atoms with Gasteiger partial charge in [-0.3, -0.25) is 4.79 Å². The molecule has 0 saturated carbocycles. The van der Waals surface area contributed by atoms with Crippen LogP contribution in [0.25, 0.3) is 11.1 Å². The SMILES string of the molecule is COC(=O)c1ccc(C=O)cc1-c1ccccc1C. The third-order valence-electron chi connectivity index (χ3n) is 3.02. The van der Waals surface area contributed by atoms with Crippen molar-refractivity contribution in [1.82, 2.24) is 0 Å². The highest BCUT2D eigenvalue weighted by Crippen LogP contribution is 2.28. The lowest BCUT2D eigenvalue weighted by atomic mass is 9.94. The molecule has 0 spiro atoms. The number of esters is 1. The summed E-state index contributed by atoms with van der Waals surface area (Å²) in [4.78, 5) is 22.7. The topological polar surface area (TPSA) is 43.4 Å². The van der Waals surface area contributed by atoms with Crippen LogP contribution in [0.4, 0.5) is 0 Å². The van der Waals surface area contributed by atoms with Crippen LogP contribution >= 0.6 is 0 Å². The Morgan fingerprint density at radius 2 is 1.84 bits per heavy atom. The minimum Gasteiger partial charge on any atom is -0.465 e. The molecule has 0 aliphatic carbocycles. The zero-order valence-electron chi connectivity index (χ0n) is 10.8. The number of rotatable bonds is 3. The van der Waals surface area contributed by atoms with E-state index in [0.717, 1.165) is 23.0 Å². The van der Waals surface area contributed by atoms with E-state index >= 15 is 0 Å². The van der Waals surface area contributed by atoms with Crippen molar-refractivity contribution < 1.29 is 14.3 Å². The Kier molecular flexibility index (Phi) is 3.76. The van der Waals surface area contributed by atoms with Crippen LogP contribution in [0.5, 0.6) is 0 Å². The van der Waals surface area contributed by atoms with Crippen LogP contribution in [0.15, 0.2) is 42.5 Å². The van der Waals surface area contributed by atoms with Gasteiger partial charge >= 0.3 is 5.97 Å². The molecule has 0 aromatic heterocycles. The molecule has 96 valence electrons. The van der Waals surface area contributed by atoms with Gasteiger partial charge in [0.05, 0.1) is 12.7 Å². The lowest BCUT2D eigenvalue weighted by molar-refractivity contribution is 0.0601. The lowest BCUT2D eigenvalue weighted by Gasteiger charge is -2.11. The molecule has 0 fully saturated rings. The molecule has 3 nitrogen and oxygen atoms in total. The highest BCUT2D eigenvalue weighted by molar-refractivity contribution is 5.99. The van der Waals surface area contributed by atoms with Crippen molar-refractivity contribution >= 4 is 12.3 Å². The molecule has 0 aliphatic rings. The highest BCUT2D eigenvalue weighted by Gasteiger charge is 2.15. The van der Waals surface area contributed by atoms with Crippen molar-refractivity contribution in [3.63, 3.8) is 0 Å². The second-order valence-corrected chi connectivity index (χ2v) is 4.23. The summed E-state index contributed by atoms with van der Waals surface area (Å²) >= 11 is 0. The van der Waals surface area contributed by atoms with Gasteiger partial charge in [-0.2, -0.15) is 0 Å². The Hall–Kier alpha value is -2.42. The van der Waals surface area contributed by atoms with Gasteiger partial charge in [0.2, 0.25) is 0 Å². The van der Waals surface area contributed by atoms with Crippen LogP contribution < -0.4 is 0 Å². The third-order valence-corrected chi connectivity index (χ3v) is 3.02. The molecule has 0 aliphatic heterocycles. The number of methoxy groups -OCH3 is 1. The smallest absolute Gasteiger partial charge is 0.338 e. The quantitative estimate of drug-likeness (QED) is 0.623. The first-order valence-corrected chi connectivity index (χ1v) is 5.91. The Labute approximate surface area is 111 Å². The number of aryl methyl sites for hydroxylation is 1. The fraction of sp³-hybridized carbons (Fsp3) is 0.125. The zero-order valence-corrected chi connectivity index (χ0v) is 10.8. The molecule has 2 aromatic rings. The monoisotopic (exact) mass is 254 g/mol. The molecular weight excluding hydrogens is 240 g/mol. The molecule has 19 heavy (non-hydrogen) atoms. The van der Waals surface area contributed by atoms with Gasteiger partial charge in [-0.25, -0.2) is 4.79 Å². The number of benzene rings is 2. The van der Waals surface area contributed by atoms with Crippen LogP contribution in [0, 0.1) is 6.92 Å². The first-order chi connectivity index (χ1) is 9.17. The van der Waals surface area contributed by atoms with Crippen LogP contribution in [0.3, 0.4) is 0 Å². The first-order valence-electron chi connectivity index (χ1n) is 5.91. The van der Waals surface area contributed by atoms with Crippen molar-refractivity contribution in [3.05, 3.63) is 59.2 Å². The Bertz CT molecular complexity index is 630. The molecule has 2 aromatic carbocycles. The molecule has 0 bridgehead atoms. The van der Waals surface area contributed by atoms with E-state index in [0.29, 0.717) is 11.1 Å². The summed E-state index contributed by atoms with van der Waals surface area (Å²) in [6.45, 7) is 1.96. The molecule has 0 N–H and O–H groups in total. The fourth-order valence-corrected chi connectivity index (χ4v) is 2.02. The zero-order chi connectivity index (χ0) is 13.8. The van der Waals surface area contributed by atoms with Crippen molar-refractivity contribution in [2.75, 3.05) is 7.11 Å². The van der Waals surface area contributed by atoms with Gasteiger partial charge < -0.3 is 4.74 Å². The average Bonchev–Trinajstić information content (AvgIpc) is 2.46. The maximum Gasteiger partial charge on any atom is 0.338 e. The van der Waals surface area contributed by atoms with Gasteiger partial charge in [-0.1, -0.05) is 30.3 Å². The normalized spacial score (nSPS) is 10.0. The standard InChI is InChI=1S/C16H14O3/c1-11-5-3-4-6-13(11)15-9-12(10-17)7-8-14(15)16(18)19-2/h3-10H,1-2H3. The van der Waals surface area contributed by atoms with Crippen molar-refractivity contribution in [3.8, 4) is 11.1 Å². The number of aldehydes is 1. The summed E-state index contributed by atoms with van der Waals surface area (Å²) in [6.07, 6.45) is 0.767. The first kappa shape index (κ1) is 13.0. The van der Waals surface area contributed by atoms with Crippen molar-refractivity contribution in [2.45, 2.75) is 6.92 Å². The van der Waals surface area contributed by atoms with E-state index in [-0.39, 0.29) is 0 Å². The Morgan fingerprint density at radius 3 is 2.47 bits per heavy atom. The van der Waals surface area contributed by atoms with Gasteiger partial charge in [-0.05, 0) is 35.7 Å². The van der Waals surface area contributed by atoms with Crippen molar-refractivity contribution in [1.29, 1.82) is 0 Å². The summed E-state index contributed by atoms with van der Waals surface area (Å²) in [7, 11) is 1.34. The second kappa shape index (κ2) is 5.48. The Balaban J connectivity index is 2.68. The van der Waals surface area contributed by atoms with Crippen LogP contribution in [0.2, 0.25) is 0 Å². The summed E-state index contributed by atoms with van der Waals surface area (Å²) in [5.74, 6) is -0.407. The number of carbonyl (C=O) groups is 2. The number of hydrogen-bond acceptors (Lipinski definition) is 3. The molecule has 0 heterocycles. The van der Waals surface area contributed by atoms with Crippen LogP contribution in [0.1, 0.15) is 26.3 Å². The lowest BCUT2D eigenvalue weighted by Crippen LogP contribution is -2.04. The summed E-state index contributed by atoms with van der Waals surface area (Å²) in [5, 5.41) is 0. The molecule has 0 saturated heterocycles. The van der Waals surface area contributed by atoms with E-state index in [9.17, 15) is 9.59 Å². The number of hydrogen-bond donors (Lipinski definition) is 0. The maximum atomic E-state index is 11.8. The largest absolute Gasteiger partial charge is 0.465 e. The van der Waals surface area contributed by atoms with E-state index in [1.165, 1.54) is 7.11 Å². The minimum atomic E-state index is -0.407. The Morgan fingerprint density at radius 1 is 1.11 bits per heavy atom. The van der Waals surface area contributed by atoms with Gasteiger partial charge in [0, 0.05) is 5.56 Å². The predicted molar refractivity (Wildman–Crippen MR) is 73.3 cm³/mol. The van der Waals surface area contributed by atoms with Gasteiger partial charge in [0.25, 0.3) is 0 Å². The molecular formula is C16H14O3. The van der Waals surface area contributed by atoms with Crippen LogP contribution in [-0.4, -0.2) is 19.4 Å². The molecule has 0 amide bonds. The van der Waals surface area contributed by atoms with E-state index in [4.69, 9.17) is 4.74 Å². The summed E-state index contributed by atoms with van der Waals surface area (Å²) < 4.78 is 4.78. The molecule has 0 radical (unpaired) electrons. The van der Waals surface area contributed by atoms with E-state index in [2.05, 4.69) is 0 Å². The molecule has 0 atom stereocenters. The van der Waals surface area contributed by atoms with Crippen LogP contribution in [-0.2, 0) is 4.74 Å². The highest BCUT2D eigenvalue weighted by atomic mass is 16.5. The average molecular weight is 254 g/mol. The van der Waals surface area contributed by atoms with E-state index in [1.54, 1.807) is 18.2 Å². The van der Waals surface area contributed by atoms with Gasteiger partial charge in [0.15, 0.2) is 0 Å². The number of carbonyl (C=O) groups excluding carboxylic acids is 2. The minimum absolute atomic E-state index is 0.407. The van der Waals surface area contributed by atoms with E-state index < -0.39 is 5.97 Å². The second-order valence-electron chi connectivity index (χ2n) is 4.23. The van der Waals surface area contributed by atoms with Gasteiger partial charge in [-0.15, -0.1) is 0 Å². The van der Waals surface area contributed by atoms with Gasteiger partial charge in [0.1, 0.15) is 6.29 Å². The van der Waals surface area contributed by atoms with Crippen molar-refractivity contribution in [2.24, 2.45) is 0 Å². The third kappa shape index (κ3) is 2.55. The molecule has 0 unspecified atom stereocenters. The fourth-order valence-electron chi connectivity index (χ4n) is 2.02. The maximum absolute atomic E-state index is 11.8. The molecule has 2 rings (SSSR count). The summed E-state index contributed by atoms with van der Waals surface area (Å²) in [5.41, 5.74) is 3.67.